The zero-order chi connectivity index (χ0) is 15.2. The van der Waals surface area contributed by atoms with Crippen molar-refractivity contribution in [2.45, 2.75) is 45.6 Å². The fraction of sp³-hybridized carbons (Fsp3) is 0.667. The van der Waals surface area contributed by atoms with Crippen molar-refractivity contribution in [3.63, 3.8) is 0 Å². The summed E-state index contributed by atoms with van der Waals surface area (Å²) in [6.45, 7) is 4.43. The van der Waals surface area contributed by atoms with E-state index in [0.717, 1.165) is 31.4 Å². The van der Waals surface area contributed by atoms with E-state index in [1.807, 2.05) is 19.9 Å². The Balaban J connectivity index is 1.92. The molecule has 0 radical (unpaired) electrons. The van der Waals surface area contributed by atoms with Gasteiger partial charge in [0.25, 0.3) is 0 Å². The first-order valence-corrected chi connectivity index (χ1v) is 7.45. The van der Waals surface area contributed by atoms with E-state index in [2.05, 4.69) is 15.3 Å². The minimum absolute atomic E-state index is 0.0328. The molecule has 0 unspecified atom stereocenters. The van der Waals surface area contributed by atoms with Crippen LogP contribution in [0.5, 0.6) is 5.88 Å². The SMILES string of the molecule is CCOc1cc(C)nc(NC2CCC(C(=O)OC)CC2)n1. The average molecular weight is 293 g/mol. The highest BCUT2D eigenvalue weighted by Gasteiger charge is 2.27. The lowest BCUT2D eigenvalue weighted by Gasteiger charge is -2.27. The smallest absolute Gasteiger partial charge is 0.308 e. The number of hydrogen-bond donors (Lipinski definition) is 1. The molecule has 1 aromatic rings. The van der Waals surface area contributed by atoms with Crippen molar-refractivity contribution in [2.24, 2.45) is 5.92 Å². The maximum absolute atomic E-state index is 11.5. The van der Waals surface area contributed by atoms with Crippen molar-refractivity contribution in [3.05, 3.63) is 11.8 Å². The van der Waals surface area contributed by atoms with E-state index in [1.165, 1.54) is 7.11 Å². The highest BCUT2D eigenvalue weighted by molar-refractivity contribution is 5.72. The van der Waals surface area contributed by atoms with Gasteiger partial charge in [0.15, 0.2) is 0 Å². The molecule has 1 N–H and O–H groups in total. The van der Waals surface area contributed by atoms with Crippen LogP contribution in [0.1, 0.15) is 38.3 Å². The number of anilines is 1. The molecule has 0 saturated heterocycles. The average Bonchev–Trinajstić information content (AvgIpc) is 2.47. The van der Waals surface area contributed by atoms with E-state index in [0.29, 0.717) is 24.5 Å². The second kappa shape index (κ2) is 7.24. The van der Waals surface area contributed by atoms with Crippen LogP contribution in [0.15, 0.2) is 6.07 Å². The molecule has 2 rings (SSSR count). The van der Waals surface area contributed by atoms with E-state index >= 15 is 0 Å². The van der Waals surface area contributed by atoms with Crippen LogP contribution < -0.4 is 10.1 Å². The van der Waals surface area contributed by atoms with Crippen molar-refractivity contribution in [1.82, 2.24) is 9.97 Å². The van der Waals surface area contributed by atoms with Crippen molar-refractivity contribution < 1.29 is 14.3 Å². The lowest BCUT2D eigenvalue weighted by atomic mass is 9.86. The van der Waals surface area contributed by atoms with Crippen LogP contribution in [0.25, 0.3) is 0 Å². The van der Waals surface area contributed by atoms with Crippen molar-refractivity contribution in [2.75, 3.05) is 19.0 Å². The van der Waals surface area contributed by atoms with Crippen LogP contribution in [0.2, 0.25) is 0 Å². The summed E-state index contributed by atoms with van der Waals surface area (Å²) in [5, 5.41) is 3.34. The van der Waals surface area contributed by atoms with Gasteiger partial charge in [-0.2, -0.15) is 4.98 Å². The molecule has 0 atom stereocenters. The van der Waals surface area contributed by atoms with Crippen LogP contribution in [-0.2, 0) is 9.53 Å². The first-order chi connectivity index (χ1) is 10.1. The minimum atomic E-state index is -0.0983. The second-order valence-electron chi connectivity index (χ2n) is 5.32. The lowest BCUT2D eigenvalue weighted by Crippen LogP contribution is -2.30. The highest BCUT2D eigenvalue weighted by Crippen LogP contribution is 2.27. The van der Waals surface area contributed by atoms with E-state index in [4.69, 9.17) is 9.47 Å². The molecule has 6 heteroatoms. The number of nitrogens with one attached hydrogen (secondary N) is 1. The number of methoxy groups -OCH3 is 1. The molecule has 0 bridgehead atoms. The molecule has 1 aromatic heterocycles. The third-order valence-corrected chi connectivity index (χ3v) is 3.72. The van der Waals surface area contributed by atoms with Gasteiger partial charge in [-0.05, 0) is 39.5 Å². The monoisotopic (exact) mass is 293 g/mol. The fourth-order valence-corrected chi connectivity index (χ4v) is 2.65. The quantitative estimate of drug-likeness (QED) is 0.840. The van der Waals surface area contributed by atoms with Crippen molar-refractivity contribution >= 4 is 11.9 Å². The molecule has 1 aliphatic rings. The van der Waals surface area contributed by atoms with Crippen LogP contribution in [0.3, 0.4) is 0 Å². The zero-order valence-corrected chi connectivity index (χ0v) is 12.9. The maximum atomic E-state index is 11.5. The summed E-state index contributed by atoms with van der Waals surface area (Å²) < 4.78 is 10.2. The first-order valence-electron chi connectivity index (χ1n) is 7.45. The van der Waals surface area contributed by atoms with Crippen LogP contribution in [-0.4, -0.2) is 35.7 Å². The Morgan fingerprint density at radius 3 is 2.67 bits per heavy atom. The van der Waals surface area contributed by atoms with Crippen LogP contribution >= 0.6 is 0 Å². The molecule has 21 heavy (non-hydrogen) atoms. The Morgan fingerprint density at radius 1 is 1.33 bits per heavy atom. The number of nitrogens with zero attached hydrogens (tertiary/aromatic N) is 2. The molecule has 0 spiro atoms. The Kier molecular flexibility index (Phi) is 5.36. The summed E-state index contributed by atoms with van der Waals surface area (Å²) in [5.74, 6) is 1.13. The van der Waals surface area contributed by atoms with Crippen molar-refractivity contribution in [3.8, 4) is 5.88 Å². The highest BCUT2D eigenvalue weighted by atomic mass is 16.5. The van der Waals surface area contributed by atoms with Gasteiger partial charge in [0, 0.05) is 17.8 Å². The Bertz CT molecular complexity index is 485. The number of esters is 1. The minimum Gasteiger partial charge on any atom is -0.478 e. The summed E-state index contributed by atoms with van der Waals surface area (Å²) in [7, 11) is 1.45. The molecule has 1 saturated carbocycles. The normalized spacial score (nSPS) is 21.7. The molecule has 116 valence electrons. The summed E-state index contributed by atoms with van der Waals surface area (Å²) >= 11 is 0. The first kappa shape index (κ1) is 15.5. The van der Waals surface area contributed by atoms with Gasteiger partial charge in [-0.15, -0.1) is 0 Å². The standard InChI is InChI=1S/C15H23N3O3/c1-4-21-13-9-10(2)16-15(18-13)17-12-7-5-11(6-8-12)14(19)20-3/h9,11-12H,4-8H2,1-3H3,(H,16,17,18). The maximum Gasteiger partial charge on any atom is 0.308 e. The lowest BCUT2D eigenvalue weighted by molar-refractivity contribution is -0.146. The van der Waals surface area contributed by atoms with Crippen LogP contribution in [0.4, 0.5) is 5.95 Å². The largest absolute Gasteiger partial charge is 0.478 e. The van der Waals surface area contributed by atoms with E-state index in [9.17, 15) is 4.79 Å². The van der Waals surface area contributed by atoms with Gasteiger partial charge >= 0.3 is 5.97 Å². The molecular weight excluding hydrogens is 270 g/mol. The van der Waals surface area contributed by atoms with Gasteiger partial charge in [0.05, 0.1) is 19.6 Å². The van der Waals surface area contributed by atoms with Gasteiger partial charge in [-0.25, -0.2) is 4.98 Å². The van der Waals surface area contributed by atoms with Gasteiger partial charge in [0.2, 0.25) is 11.8 Å². The van der Waals surface area contributed by atoms with Gasteiger partial charge < -0.3 is 14.8 Å². The molecule has 0 amide bonds. The summed E-state index contributed by atoms with van der Waals surface area (Å²) in [6, 6.07) is 2.12. The number of carbonyl (C=O) groups is 1. The number of carbonyl (C=O) groups excluding carboxylic acids is 1. The predicted molar refractivity (Wildman–Crippen MR) is 79.3 cm³/mol. The molecular formula is C15H23N3O3. The molecule has 1 aliphatic carbocycles. The molecule has 6 nitrogen and oxygen atoms in total. The number of hydrogen-bond acceptors (Lipinski definition) is 6. The molecule has 1 fully saturated rings. The van der Waals surface area contributed by atoms with E-state index in [1.54, 1.807) is 0 Å². The van der Waals surface area contributed by atoms with E-state index < -0.39 is 0 Å². The number of ether oxygens (including phenoxy) is 2. The summed E-state index contributed by atoms with van der Waals surface area (Å²) in [5.41, 5.74) is 0.874. The third kappa shape index (κ3) is 4.31. The predicted octanol–water partition coefficient (Wildman–Crippen LogP) is 2.33. The van der Waals surface area contributed by atoms with Crippen molar-refractivity contribution in [1.29, 1.82) is 0 Å². The summed E-state index contributed by atoms with van der Waals surface area (Å²) in [4.78, 5) is 20.2. The van der Waals surface area contributed by atoms with Crippen LogP contribution in [0, 0.1) is 12.8 Å². The van der Waals surface area contributed by atoms with E-state index in [-0.39, 0.29) is 11.9 Å². The van der Waals surface area contributed by atoms with Gasteiger partial charge in [-0.3, -0.25) is 4.79 Å². The third-order valence-electron chi connectivity index (χ3n) is 3.72. The van der Waals surface area contributed by atoms with Gasteiger partial charge in [-0.1, -0.05) is 0 Å². The number of aromatic nitrogens is 2. The van der Waals surface area contributed by atoms with Gasteiger partial charge in [0.1, 0.15) is 0 Å². The fourth-order valence-electron chi connectivity index (χ4n) is 2.65. The number of aryl methyl sites for hydroxylation is 1. The summed E-state index contributed by atoms with van der Waals surface area (Å²) in [6.07, 6.45) is 3.52. The Hall–Kier alpha value is -1.85. The molecule has 1 heterocycles. The topological polar surface area (TPSA) is 73.3 Å². The zero-order valence-electron chi connectivity index (χ0n) is 12.9. The molecule has 0 aromatic carbocycles. The molecule has 0 aliphatic heterocycles. The number of rotatable bonds is 5. The second-order valence-corrected chi connectivity index (χ2v) is 5.32. The Morgan fingerprint density at radius 2 is 2.05 bits per heavy atom. The Labute approximate surface area is 125 Å².